The second kappa shape index (κ2) is 8.15. The van der Waals surface area contributed by atoms with Crippen LogP contribution in [-0.4, -0.2) is 63.1 Å². The first-order valence-corrected chi connectivity index (χ1v) is 8.93. The Morgan fingerprint density at radius 2 is 1.96 bits per heavy atom. The highest BCUT2D eigenvalue weighted by molar-refractivity contribution is 7.89. The van der Waals surface area contributed by atoms with Crippen LogP contribution in [0.1, 0.15) is 0 Å². The number of halogens is 3. The van der Waals surface area contributed by atoms with E-state index >= 15 is 0 Å². The van der Waals surface area contributed by atoms with Gasteiger partial charge in [-0.15, -0.1) is 13.2 Å². The van der Waals surface area contributed by atoms with Gasteiger partial charge in [-0.2, -0.15) is 4.31 Å². The van der Waals surface area contributed by atoms with Crippen molar-refractivity contribution < 1.29 is 45.7 Å². The van der Waals surface area contributed by atoms with Crippen LogP contribution in [0.2, 0.25) is 0 Å². The van der Waals surface area contributed by atoms with Gasteiger partial charge in [0.1, 0.15) is 5.75 Å². The van der Waals surface area contributed by atoms with Gasteiger partial charge in [0, 0.05) is 13.1 Å². The Morgan fingerprint density at radius 1 is 1.33 bits per heavy atom. The minimum Gasteiger partial charge on any atom is -0.490 e. The fraction of sp³-hybridized carbons (Fsp3) is 0.400. The van der Waals surface area contributed by atoms with E-state index in [1.807, 2.05) is 0 Å². The molecule has 1 aromatic carbocycles. The van der Waals surface area contributed by atoms with Crippen molar-refractivity contribution in [3.63, 3.8) is 0 Å². The summed E-state index contributed by atoms with van der Waals surface area (Å²) in [4.78, 5) is 10.7. The molecule has 12 heteroatoms. The number of carboxylic acid groups (broad SMARTS) is 1. The van der Waals surface area contributed by atoms with Crippen LogP contribution in [0.5, 0.6) is 5.75 Å². The molecule has 1 atom stereocenters. The fourth-order valence-corrected chi connectivity index (χ4v) is 3.76. The Labute approximate surface area is 152 Å². The molecular formula is C15H16F3NO7S. The zero-order valence-corrected chi connectivity index (χ0v) is 14.8. The van der Waals surface area contributed by atoms with Crippen molar-refractivity contribution in [2.45, 2.75) is 17.4 Å². The van der Waals surface area contributed by atoms with Crippen molar-refractivity contribution in [1.29, 1.82) is 0 Å². The predicted octanol–water partition coefficient (Wildman–Crippen LogP) is 1.59. The minimum atomic E-state index is -4.88. The highest BCUT2D eigenvalue weighted by Crippen LogP contribution is 2.26. The van der Waals surface area contributed by atoms with Crippen LogP contribution in [0, 0.1) is 0 Å². The highest BCUT2D eigenvalue weighted by atomic mass is 32.2. The average Bonchev–Trinajstić information content (AvgIpc) is 2.58. The summed E-state index contributed by atoms with van der Waals surface area (Å²) < 4.78 is 76.6. The van der Waals surface area contributed by atoms with E-state index in [0.29, 0.717) is 0 Å². The molecule has 0 saturated carbocycles. The van der Waals surface area contributed by atoms with E-state index < -0.39 is 40.0 Å². The number of hydrogen-bond acceptors (Lipinski definition) is 6. The number of rotatable bonds is 6. The maximum atomic E-state index is 12.7. The van der Waals surface area contributed by atoms with Crippen LogP contribution in [0.25, 0.3) is 0 Å². The second-order valence-corrected chi connectivity index (χ2v) is 7.27. The number of hydrogen-bond donors (Lipinski definition) is 1. The minimum absolute atomic E-state index is 0.00284. The third-order valence-corrected chi connectivity index (χ3v) is 5.40. The number of benzene rings is 1. The first-order valence-electron chi connectivity index (χ1n) is 7.49. The zero-order chi connectivity index (χ0) is 20.2. The second-order valence-electron chi connectivity index (χ2n) is 5.33. The standard InChI is InChI=1S/C15H16F3NO7S/c1-24-13(14(20)21)8-11-9-19(6-7-25-11)27(22,23)12-4-2-10(3-5-12)26-15(16,17)18/h2-5,8,11H,6-7,9H2,1H3,(H,20,21). The van der Waals surface area contributed by atoms with Gasteiger partial charge in [-0.25, -0.2) is 13.2 Å². The van der Waals surface area contributed by atoms with Gasteiger partial charge in [-0.3, -0.25) is 0 Å². The van der Waals surface area contributed by atoms with Gasteiger partial charge < -0.3 is 19.3 Å². The number of alkyl halides is 3. The lowest BCUT2D eigenvalue weighted by atomic mass is 10.2. The molecule has 0 radical (unpaired) electrons. The van der Waals surface area contributed by atoms with Crippen molar-refractivity contribution >= 4 is 16.0 Å². The van der Waals surface area contributed by atoms with Crippen LogP contribution in [0.3, 0.4) is 0 Å². The Bertz CT molecular complexity index is 806. The lowest BCUT2D eigenvalue weighted by Gasteiger charge is -2.30. The molecule has 1 N–H and O–H groups in total. The lowest BCUT2D eigenvalue weighted by molar-refractivity contribution is -0.274. The zero-order valence-electron chi connectivity index (χ0n) is 14.0. The SMILES string of the molecule is COC(=CC1CN(S(=O)(=O)c2ccc(OC(F)(F)F)cc2)CCO1)C(=O)O. The Morgan fingerprint density at radius 3 is 2.48 bits per heavy atom. The molecule has 0 bridgehead atoms. The molecule has 2 rings (SSSR count). The van der Waals surface area contributed by atoms with Gasteiger partial charge in [0.25, 0.3) is 0 Å². The molecule has 8 nitrogen and oxygen atoms in total. The smallest absolute Gasteiger partial charge is 0.490 e. The largest absolute Gasteiger partial charge is 0.573 e. The molecule has 1 fully saturated rings. The average molecular weight is 411 g/mol. The van der Waals surface area contributed by atoms with Crippen molar-refractivity contribution in [1.82, 2.24) is 4.31 Å². The van der Waals surface area contributed by atoms with E-state index in [2.05, 4.69) is 9.47 Å². The van der Waals surface area contributed by atoms with Gasteiger partial charge in [0.05, 0.1) is 24.7 Å². The van der Waals surface area contributed by atoms with E-state index in [4.69, 9.17) is 9.84 Å². The molecule has 0 aromatic heterocycles. The molecule has 1 aromatic rings. The quantitative estimate of drug-likeness (QED) is 0.560. The van der Waals surface area contributed by atoms with Crippen LogP contribution in [0.4, 0.5) is 13.2 Å². The third kappa shape index (κ3) is 5.58. The number of aliphatic carboxylic acids is 1. The molecule has 1 saturated heterocycles. The van der Waals surface area contributed by atoms with Crippen molar-refractivity contribution in [3.05, 3.63) is 36.1 Å². The summed E-state index contributed by atoms with van der Waals surface area (Å²) in [5.41, 5.74) is 0. The normalized spacial score (nSPS) is 19.6. The Balaban J connectivity index is 2.17. The number of sulfonamides is 1. The summed E-state index contributed by atoms with van der Waals surface area (Å²) in [6.45, 7) is -0.168. The van der Waals surface area contributed by atoms with Crippen LogP contribution >= 0.6 is 0 Å². The maximum absolute atomic E-state index is 12.7. The molecular weight excluding hydrogens is 395 g/mol. The van der Waals surface area contributed by atoms with E-state index in [1.54, 1.807) is 0 Å². The first-order chi connectivity index (χ1) is 12.5. The van der Waals surface area contributed by atoms with Gasteiger partial charge >= 0.3 is 12.3 Å². The summed E-state index contributed by atoms with van der Waals surface area (Å²) in [5, 5.41) is 8.94. The molecule has 1 aliphatic heterocycles. The van der Waals surface area contributed by atoms with Crippen molar-refractivity contribution in [2.24, 2.45) is 0 Å². The molecule has 0 amide bonds. The van der Waals surface area contributed by atoms with Crippen LogP contribution < -0.4 is 4.74 Å². The number of morpholine rings is 1. The Hall–Kier alpha value is -2.31. The Kier molecular flexibility index (Phi) is 6.34. The topological polar surface area (TPSA) is 102 Å². The molecule has 1 unspecified atom stereocenters. The van der Waals surface area contributed by atoms with Gasteiger partial charge in [-0.05, 0) is 30.3 Å². The van der Waals surface area contributed by atoms with Gasteiger partial charge in [0.15, 0.2) is 0 Å². The number of ether oxygens (including phenoxy) is 3. The molecule has 1 heterocycles. The number of nitrogens with zero attached hydrogens (tertiary/aromatic N) is 1. The first kappa shape index (κ1) is 21.0. The van der Waals surface area contributed by atoms with E-state index in [9.17, 15) is 26.4 Å². The monoisotopic (exact) mass is 411 g/mol. The molecule has 150 valence electrons. The molecule has 0 spiro atoms. The third-order valence-electron chi connectivity index (χ3n) is 3.52. The van der Waals surface area contributed by atoms with Crippen LogP contribution in [-0.2, 0) is 24.3 Å². The van der Waals surface area contributed by atoms with Gasteiger partial charge in [0.2, 0.25) is 15.8 Å². The predicted molar refractivity (Wildman–Crippen MR) is 84.4 cm³/mol. The molecule has 1 aliphatic rings. The maximum Gasteiger partial charge on any atom is 0.573 e. The summed E-state index contributed by atoms with van der Waals surface area (Å²) >= 11 is 0. The summed E-state index contributed by atoms with van der Waals surface area (Å²) in [7, 11) is -2.86. The number of carbonyl (C=O) groups is 1. The number of carboxylic acids is 1. The van der Waals surface area contributed by atoms with E-state index in [1.165, 1.54) is 0 Å². The highest BCUT2D eigenvalue weighted by Gasteiger charge is 2.33. The molecule has 27 heavy (non-hydrogen) atoms. The van der Waals surface area contributed by atoms with Crippen LogP contribution in [0.15, 0.2) is 41.0 Å². The summed E-state index contributed by atoms with van der Waals surface area (Å²) in [6, 6.07) is 3.78. The fourth-order valence-electron chi connectivity index (χ4n) is 2.33. The molecule has 0 aliphatic carbocycles. The van der Waals surface area contributed by atoms with Crippen molar-refractivity contribution in [3.8, 4) is 5.75 Å². The summed E-state index contributed by atoms with van der Waals surface area (Å²) in [6.07, 6.45) is -4.59. The van der Waals surface area contributed by atoms with Gasteiger partial charge in [-0.1, -0.05) is 0 Å². The van der Waals surface area contributed by atoms with E-state index in [0.717, 1.165) is 41.8 Å². The van der Waals surface area contributed by atoms with Crippen molar-refractivity contribution in [2.75, 3.05) is 26.8 Å². The summed E-state index contributed by atoms with van der Waals surface area (Å²) in [5.74, 6) is -2.27. The van der Waals surface area contributed by atoms with E-state index in [-0.39, 0.29) is 24.6 Å². The lowest BCUT2D eigenvalue weighted by Crippen LogP contribution is -2.45. The number of methoxy groups -OCH3 is 1.